The first-order chi connectivity index (χ1) is 8.81. The van der Waals surface area contributed by atoms with E-state index in [0.29, 0.717) is 12.8 Å². The molecular weight excluding hydrogens is 226 g/mol. The summed E-state index contributed by atoms with van der Waals surface area (Å²) in [5, 5.41) is 9.49. The van der Waals surface area contributed by atoms with Gasteiger partial charge in [-0.05, 0) is 30.4 Å². The molecule has 1 fully saturated rings. The summed E-state index contributed by atoms with van der Waals surface area (Å²) >= 11 is 0. The zero-order valence-electron chi connectivity index (χ0n) is 10.4. The molecule has 3 heteroatoms. The van der Waals surface area contributed by atoms with Crippen LogP contribution in [0.5, 0.6) is 0 Å². The summed E-state index contributed by atoms with van der Waals surface area (Å²) < 4.78 is 11.6. The van der Waals surface area contributed by atoms with E-state index in [1.54, 1.807) is 0 Å². The maximum Gasteiger partial charge on any atom is 0.165 e. The molecule has 1 aliphatic heterocycles. The van der Waals surface area contributed by atoms with Crippen LogP contribution in [-0.4, -0.2) is 18.5 Å². The molecule has 1 heterocycles. The van der Waals surface area contributed by atoms with Crippen LogP contribution in [0, 0.1) is 11.3 Å². The lowest BCUT2D eigenvalue weighted by molar-refractivity contribution is -0.206. The highest BCUT2D eigenvalue weighted by atomic mass is 16.7. The summed E-state index contributed by atoms with van der Waals surface area (Å²) in [6.07, 6.45) is 4.28. The van der Waals surface area contributed by atoms with Crippen molar-refractivity contribution in [2.75, 3.05) is 6.61 Å². The molecular formula is C15H17NO2. The van der Waals surface area contributed by atoms with Crippen LogP contribution in [0.1, 0.15) is 30.4 Å². The van der Waals surface area contributed by atoms with Crippen LogP contribution < -0.4 is 0 Å². The summed E-state index contributed by atoms with van der Waals surface area (Å²) in [6.45, 7) is 0.749. The van der Waals surface area contributed by atoms with E-state index in [4.69, 9.17) is 9.47 Å². The third-order valence-corrected chi connectivity index (χ3v) is 3.77. The first-order valence-corrected chi connectivity index (χ1v) is 6.59. The summed E-state index contributed by atoms with van der Waals surface area (Å²) in [5.41, 5.74) is 1.75. The Morgan fingerprint density at radius 2 is 1.94 bits per heavy atom. The van der Waals surface area contributed by atoms with Crippen molar-refractivity contribution in [1.82, 2.24) is 0 Å². The number of hydrogen-bond acceptors (Lipinski definition) is 3. The lowest BCUT2D eigenvalue weighted by Gasteiger charge is -2.30. The molecule has 0 aromatic heterocycles. The zero-order chi connectivity index (χ0) is 12.4. The van der Waals surface area contributed by atoms with Gasteiger partial charge in [0, 0.05) is 19.4 Å². The molecule has 0 spiro atoms. The normalized spacial score (nSPS) is 25.4. The first kappa shape index (κ1) is 11.7. The van der Waals surface area contributed by atoms with Crippen molar-refractivity contribution in [2.24, 2.45) is 0 Å². The van der Waals surface area contributed by atoms with E-state index in [1.165, 1.54) is 11.1 Å². The Morgan fingerprint density at radius 3 is 2.50 bits per heavy atom. The maximum atomic E-state index is 9.49. The van der Waals surface area contributed by atoms with Crippen LogP contribution >= 0.6 is 0 Å². The summed E-state index contributed by atoms with van der Waals surface area (Å²) in [7, 11) is 0. The van der Waals surface area contributed by atoms with Crippen LogP contribution in [-0.2, 0) is 22.3 Å². The minimum atomic E-state index is -0.717. The molecule has 1 aromatic rings. The Balaban J connectivity index is 1.75. The second kappa shape index (κ2) is 4.72. The first-order valence-electron chi connectivity index (χ1n) is 6.59. The largest absolute Gasteiger partial charge is 0.353 e. The monoisotopic (exact) mass is 243 g/mol. The Bertz CT molecular complexity index is 447. The van der Waals surface area contributed by atoms with E-state index in [9.17, 15) is 5.26 Å². The van der Waals surface area contributed by atoms with Crippen LogP contribution in [0.2, 0.25) is 0 Å². The number of ether oxygens (including phenoxy) is 2. The number of fused-ring (bicyclic) bond motifs is 1. The fourth-order valence-corrected chi connectivity index (χ4v) is 2.82. The van der Waals surface area contributed by atoms with Gasteiger partial charge in [0.2, 0.25) is 0 Å². The molecule has 0 radical (unpaired) electrons. The second-order valence-corrected chi connectivity index (χ2v) is 5.14. The van der Waals surface area contributed by atoms with Gasteiger partial charge in [0.1, 0.15) is 0 Å². The van der Waals surface area contributed by atoms with Gasteiger partial charge in [-0.25, -0.2) is 0 Å². The molecule has 0 saturated carbocycles. The molecule has 18 heavy (non-hydrogen) atoms. The van der Waals surface area contributed by atoms with Gasteiger partial charge in [-0.3, -0.25) is 0 Å². The number of hydrogen-bond donors (Lipinski definition) is 0. The van der Waals surface area contributed by atoms with Crippen LogP contribution in [0.4, 0.5) is 0 Å². The molecule has 94 valence electrons. The van der Waals surface area contributed by atoms with Crippen molar-refractivity contribution in [3.05, 3.63) is 35.4 Å². The van der Waals surface area contributed by atoms with Crippen molar-refractivity contribution >= 4 is 0 Å². The summed E-state index contributed by atoms with van der Waals surface area (Å²) in [6, 6.07) is 10.6. The van der Waals surface area contributed by atoms with Crippen molar-refractivity contribution < 1.29 is 9.47 Å². The maximum absolute atomic E-state index is 9.49. The van der Waals surface area contributed by atoms with Gasteiger partial charge in [-0.1, -0.05) is 24.3 Å². The van der Waals surface area contributed by atoms with E-state index in [1.807, 2.05) is 12.1 Å². The standard InChI is InChI=1S/C15H17NO2/c16-11-15(18-14-7-3-4-8-17-14)9-12-5-1-2-6-13(12)10-15/h1-2,5-6,14H,3-4,7-10H2. The lowest BCUT2D eigenvalue weighted by atomic mass is 10.0. The molecule has 1 atom stereocenters. The molecule has 0 bridgehead atoms. The average molecular weight is 243 g/mol. The summed E-state index contributed by atoms with van der Waals surface area (Å²) in [5.74, 6) is 0. The predicted molar refractivity (Wildman–Crippen MR) is 66.9 cm³/mol. The van der Waals surface area contributed by atoms with Gasteiger partial charge in [0.15, 0.2) is 11.9 Å². The molecule has 3 rings (SSSR count). The number of nitrogens with zero attached hydrogens (tertiary/aromatic N) is 1. The number of rotatable bonds is 2. The predicted octanol–water partition coefficient (Wildman–Crippen LogP) is 2.59. The van der Waals surface area contributed by atoms with Gasteiger partial charge in [0.25, 0.3) is 0 Å². The number of nitriles is 1. The Hall–Kier alpha value is -1.37. The Kier molecular flexibility index (Phi) is 3.07. The third kappa shape index (κ3) is 2.14. The molecule has 3 nitrogen and oxygen atoms in total. The molecule has 2 aliphatic rings. The minimum Gasteiger partial charge on any atom is -0.353 e. The Labute approximate surface area is 107 Å². The van der Waals surface area contributed by atoms with Gasteiger partial charge in [-0.15, -0.1) is 0 Å². The smallest absolute Gasteiger partial charge is 0.165 e. The quantitative estimate of drug-likeness (QED) is 0.801. The van der Waals surface area contributed by atoms with E-state index in [0.717, 1.165) is 25.9 Å². The highest BCUT2D eigenvalue weighted by Gasteiger charge is 2.41. The van der Waals surface area contributed by atoms with E-state index in [2.05, 4.69) is 18.2 Å². The van der Waals surface area contributed by atoms with Gasteiger partial charge < -0.3 is 9.47 Å². The van der Waals surface area contributed by atoms with Crippen molar-refractivity contribution in [3.63, 3.8) is 0 Å². The number of benzene rings is 1. The molecule has 0 amide bonds. The highest BCUT2D eigenvalue weighted by molar-refractivity contribution is 5.38. The van der Waals surface area contributed by atoms with Gasteiger partial charge in [-0.2, -0.15) is 5.26 Å². The molecule has 0 N–H and O–H groups in total. The molecule has 1 unspecified atom stereocenters. The van der Waals surface area contributed by atoms with Crippen molar-refractivity contribution in [3.8, 4) is 6.07 Å². The van der Waals surface area contributed by atoms with Crippen molar-refractivity contribution in [1.29, 1.82) is 5.26 Å². The zero-order valence-corrected chi connectivity index (χ0v) is 10.4. The van der Waals surface area contributed by atoms with Crippen LogP contribution in [0.15, 0.2) is 24.3 Å². The second-order valence-electron chi connectivity index (χ2n) is 5.14. The van der Waals surface area contributed by atoms with Crippen LogP contribution in [0.3, 0.4) is 0 Å². The van der Waals surface area contributed by atoms with Crippen LogP contribution in [0.25, 0.3) is 0 Å². The third-order valence-electron chi connectivity index (χ3n) is 3.77. The van der Waals surface area contributed by atoms with E-state index in [-0.39, 0.29) is 6.29 Å². The fraction of sp³-hybridized carbons (Fsp3) is 0.533. The van der Waals surface area contributed by atoms with Gasteiger partial charge in [0.05, 0.1) is 6.07 Å². The topological polar surface area (TPSA) is 42.2 Å². The average Bonchev–Trinajstić information content (AvgIpc) is 2.78. The Morgan fingerprint density at radius 1 is 1.22 bits per heavy atom. The molecule has 1 aliphatic carbocycles. The molecule has 1 saturated heterocycles. The van der Waals surface area contributed by atoms with E-state index >= 15 is 0 Å². The highest BCUT2D eigenvalue weighted by Crippen LogP contribution is 2.34. The van der Waals surface area contributed by atoms with Gasteiger partial charge >= 0.3 is 0 Å². The lowest BCUT2D eigenvalue weighted by Crippen LogP contribution is -2.38. The fourth-order valence-electron chi connectivity index (χ4n) is 2.82. The van der Waals surface area contributed by atoms with E-state index < -0.39 is 5.60 Å². The molecule has 1 aromatic carbocycles. The summed E-state index contributed by atoms with van der Waals surface area (Å²) in [4.78, 5) is 0. The van der Waals surface area contributed by atoms with Crippen molar-refractivity contribution in [2.45, 2.75) is 44.0 Å². The minimum absolute atomic E-state index is 0.201. The SMILES string of the molecule is N#CC1(OC2CCCCO2)Cc2ccccc2C1.